The maximum atomic E-state index is 13.3. The molecule has 2 unspecified atom stereocenters. The van der Waals surface area contributed by atoms with Gasteiger partial charge in [-0.2, -0.15) is 0 Å². The Balaban J connectivity index is 2.08. The largest absolute Gasteiger partial charge is 0.399 e. The van der Waals surface area contributed by atoms with Crippen molar-refractivity contribution in [1.82, 2.24) is 0 Å². The number of carbonyl (C=O) groups is 2. The summed E-state index contributed by atoms with van der Waals surface area (Å²) in [6.07, 6.45) is 4.36. The van der Waals surface area contributed by atoms with Crippen LogP contribution in [0.2, 0.25) is 0 Å². The van der Waals surface area contributed by atoms with Crippen molar-refractivity contribution in [2.75, 3.05) is 22.9 Å². The van der Waals surface area contributed by atoms with Gasteiger partial charge in [-0.3, -0.25) is 9.59 Å². The molecular formula is C20H22N6O2. The van der Waals surface area contributed by atoms with Crippen molar-refractivity contribution in [2.24, 2.45) is 17.4 Å². The smallest absolute Gasteiger partial charge is 0.187 e. The number of hydrogen-bond donors (Lipinski definition) is 6. The first-order valence-electron chi connectivity index (χ1n) is 8.46. The van der Waals surface area contributed by atoms with Crippen LogP contribution in [0.1, 0.15) is 20.7 Å². The van der Waals surface area contributed by atoms with Crippen molar-refractivity contribution < 1.29 is 9.59 Å². The van der Waals surface area contributed by atoms with Crippen molar-refractivity contribution in [3.63, 3.8) is 0 Å². The fourth-order valence-electron chi connectivity index (χ4n) is 3.29. The van der Waals surface area contributed by atoms with Crippen LogP contribution in [0.4, 0.5) is 22.7 Å². The molecule has 0 bridgehead atoms. The molecule has 0 fully saturated rings. The Morgan fingerprint density at radius 2 is 1.21 bits per heavy atom. The third kappa shape index (κ3) is 3.40. The maximum absolute atomic E-state index is 13.3. The van der Waals surface area contributed by atoms with Gasteiger partial charge in [0.2, 0.25) is 0 Å². The van der Waals surface area contributed by atoms with Gasteiger partial charge < -0.3 is 34.4 Å². The molecule has 12 N–H and O–H groups in total. The van der Waals surface area contributed by atoms with Crippen LogP contribution in [0.15, 0.2) is 60.3 Å². The van der Waals surface area contributed by atoms with Gasteiger partial charge in [-0.05, 0) is 48.6 Å². The van der Waals surface area contributed by atoms with E-state index in [0.717, 1.165) is 0 Å². The van der Waals surface area contributed by atoms with E-state index in [1.807, 2.05) is 0 Å². The van der Waals surface area contributed by atoms with Crippen LogP contribution in [-0.2, 0) is 0 Å². The Hall–Kier alpha value is -3.78. The van der Waals surface area contributed by atoms with Gasteiger partial charge in [0.15, 0.2) is 11.6 Å². The van der Waals surface area contributed by atoms with E-state index < -0.39 is 23.0 Å². The molecule has 1 aliphatic rings. The number of carbonyl (C=O) groups excluding carboxylic acids is 2. The van der Waals surface area contributed by atoms with Crippen LogP contribution in [0.25, 0.3) is 0 Å². The predicted molar refractivity (Wildman–Crippen MR) is 111 cm³/mol. The van der Waals surface area contributed by atoms with E-state index in [4.69, 9.17) is 34.4 Å². The quantitative estimate of drug-likeness (QED) is 0.332. The third-order valence-electron chi connectivity index (χ3n) is 4.60. The summed E-state index contributed by atoms with van der Waals surface area (Å²) >= 11 is 0. The normalized spacial score (nSPS) is 21.2. The Labute approximate surface area is 161 Å². The van der Waals surface area contributed by atoms with Crippen molar-refractivity contribution in [2.45, 2.75) is 5.54 Å². The molecule has 0 aliphatic heterocycles. The number of rotatable bonds is 4. The minimum atomic E-state index is -1.68. The van der Waals surface area contributed by atoms with Gasteiger partial charge in [-0.1, -0.05) is 6.08 Å². The Kier molecular flexibility index (Phi) is 4.58. The maximum Gasteiger partial charge on any atom is 0.187 e. The van der Waals surface area contributed by atoms with E-state index in [2.05, 4.69) is 0 Å². The van der Waals surface area contributed by atoms with Gasteiger partial charge in [0.1, 0.15) is 5.54 Å². The number of nitrogens with two attached hydrogens (primary N) is 6. The molecule has 0 saturated carbocycles. The second-order valence-electron chi connectivity index (χ2n) is 6.88. The lowest BCUT2D eigenvalue weighted by Crippen LogP contribution is -2.55. The van der Waals surface area contributed by atoms with Gasteiger partial charge in [-0.25, -0.2) is 0 Å². The van der Waals surface area contributed by atoms with E-state index >= 15 is 0 Å². The van der Waals surface area contributed by atoms with E-state index in [1.54, 1.807) is 0 Å². The molecule has 2 atom stereocenters. The molecule has 1 aliphatic carbocycles. The van der Waals surface area contributed by atoms with E-state index in [1.165, 1.54) is 54.6 Å². The zero-order valence-corrected chi connectivity index (χ0v) is 15.1. The van der Waals surface area contributed by atoms with Crippen LogP contribution in [0.5, 0.6) is 0 Å². The zero-order valence-electron chi connectivity index (χ0n) is 15.1. The summed E-state index contributed by atoms with van der Waals surface area (Å²) in [5.74, 6) is -2.00. The van der Waals surface area contributed by atoms with E-state index in [-0.39, 0.29) is 11.1 Å². The fraction of sp³-hybridized carbons (Fsp3) is 0.100. The van der Waals surface area contributed by atoms with Crippen molar-refractivity contribution in [3.05, 3.63) is 71.5 Å². The molecule has 28 heavy (non-hydrogen) atoms. The molecule has 0 heterocycles. The van der Waals surface area contributed by atoms with Gasteiger partial charge in [0, 0.05) is 39.6 Å². The third-order valence-corrected chi connectivity index (χ3v) is 4.60. The molecule has 0 spiro atoms. The summed E-state index contributed by atoms with van der Waals surface area (Å²) in [5.41, 5.74) is 35.8. The fourth-order valence-corrected chi connectivity index (χ4v) is 3.29. The summed E-state index contributed by atoms with van der Waals surface area (Å²) in [5, 5.41) is 0. The molecule has 144 valence electrons. The highest BCUT2D eigenvalue weighted by Crippen LogP contribution is 2.32. The van der Waals surface area contributed by atoms with E-state index in [9.17, 15) is 9.59 Å². The highest BCUT2D eigenvalue weighted by molar-refractivity contribution is 6.12. The second-order valence-corrected chi connectivity index (χ2v) is 6.88. The monoisotopic (exact) mass is 378 g/mol. The van der Waals surface area contributed by atoms with Crippen LogP contribution in [-0.4, -0.2) is 17.1 Å². The predicted octanol–water partition coefficient (Wildman–Crippen LogP) is 0.807. The molecular weight excluding hydrogens is 356 g/mol. The lowest BCUT2D eigenvalue weighted by Gasteiger charge is -2.33. The van der Waals surface area contributed by atoms with Crippen LogP contribution in [0, 0.1) is 5.92 Å². The van der Waals surface area contributed by atoms with Crippen LogP contribution < -0.4 is 34.4 Å². The Morgan fingerprint density at radius 1 is 0.750 bits per heavy atom. The number of benzene rings is 2. The SMILES string of the molecule is NC1=CC(C(=O)c2cc(N)cc(N)c2)C(N)(C(=O)c2cc(N)cc(N)c2)C=C1. The first-order valence-corrected chi connectivity index (χ1v) is 8.46. The lowest BCUT2D eigenvalue weighted by atomic mass is 9.72. The molecule has 8 nitrogen and oxygen atoms in total. The summed E-state index contributed by atoms with van der Waals surface area (Å²) in [4.78, 5) is 26.5. The number of Topliss-reactive ketones (excluding diaryl/α,β-unsaturated/α-hetero) is 2. The average Bonchev–Trinajstić information content (AvgIpc) is 2.61. The molecule has 2 aromatic carbocycles. The van der Waals surface area contributed by atoms with Gasteiger partial charge in [-0.15, -0.1) is 0 Å². The first-order chi connectivity index (χ1) is 13.1. The average molecular weight is 378 g/mol. The van der Waals surface area contributed by atoms with Crippen molar-refractivity contribution in [1.29, 1.82) is 0 Å². The summed E-state index contributed by atoms with van der Waals surface area (Å²) < 4.78 is 0. The number of hydrogen-bond acceptors (Lipinski definition) is 8. The number of allylic oxidation sites excluding steroid dienone is 1. The summed E-state index contributed by atoms with van der Waals surface area (Å²) in [7, 11) is 0. The molecule has 0 amide bonds. The van der Waals surface area contributed by atoms with Gasteiger partial charge in [0.25, 0.3) is 0 Å². The van der Waals surface area contributed by atoms with E-state index in [0.29, 0.717) is 28.4 Å². The Morgan fingerprint density at radius 3 is 1.71 bits per heavy atom. The topological polar surface area (TPSA) is 190 Å². The molecule has 8 heteroatoms. The second kappa shape index (κ2) is 6.75. The van der Waals surface area contributed by atoms with Gasteiger partial charge in [0.05, 0.1) is 5.92 Å². The molecule has 0 aromatic heterocycles. The minimum absolute atomic E-state index is 0.198. The summed E-state index contributed by atoms with van der Waals surface area (Å²) in [6.45, 7) is 0. The molecule has 0 radical (unpaired) electrons. The van der Waals surface area contributed by atoms with Crippen LogP contribution in [0.3, 0.4) is 0 Å². The Bertz CT molecular complexity index is 1000. The molecule has 2 aromatic rings. The number of anilines is 4. The lowest BCUT2D eigenvalue weighted by molar-refractivity contribution is 0.0801. The number of ketones is 2. The zero-order chi connectivity index (χ0) is 20.6. The highest BCUT2D eigenvalue weighted by Gasteiger charge is 2.45. The minimum Gasteiger partial charge on any atom is -0.399 e. The van der Waals surface area contributed by atoms with Gasteiger partial charge >= 0.3 is 0 Å². The number of nitrogen functional groups attached to an aromatic ring is 4. The first kappa shape index (κ1) is 19.0. The molecule has 3 rings (SSSR count). The highest BCUT2D eigenvalue weighted by atomic mass is 16.1. The molecule has 0 saturated heterocycles. The van der Waals surface area contributed by atoms with Crippen molar-refractivity contribution in [3.8, 4) is 0 Å². The van der Waals surface area contributed by atoms with Crippen LogP contribution >= 0.6 is 0 Å². The standard InChI is InChI=1S/C20H22N6O2/c21-12-1-2-20(26,19(28)11-5-15(24)8-16(25)6-11)17(9-12)18(27)10-3-13(22)7-14(23)4-10/h1-9,17H,21-26H2. The van der Waals surface area contributed by atoms with Crippen molar-refractivity contribution >= 4 is 34.3 Å². The summed E-state index contributed by atoms with van der Waals surface area (Å²) in [6, 6.07) is 8.92.